The number of benzene rings is 1. The molecule has 1 unspecified atom stereocenters. The Kier molecular flexibility index (Phi) is 5.87. The first-order valence-corrected chi connectivity index (χ1v) is 7.64. The van der Waals surface area contributed by atoms with Crippen molar-refractivity contribution >= 4 is 0 Å². The monoisotopic (exact) mass is 261 g/mol. The van der Waals surface area contributed by atoms with E-state index in [1.807, 2.05) is 0 Å². The van der Waals surface area contributed by atoms with Crippen LogP contribution in [0.2, 0.25) is 0 Å². The standard InChI is InChI=1S/C17H27NO/c1-15(2)14-17(16-8-4-3-5-9-16)19-13-12-18-10-6-7-11-18/h3-5,8-9,15,17H,6-7,10-14H2,1-2H3. The van der Waals surface area contributed by atoms with Gasteiger partial charge in [0.2, 0.25) is 0 Å². The molecule has 0 radical (unpaired) electrons. The van der Waals surface area contributed by atoms with Crippen LogP contribution in [0.1, 0.15) is 44.8 Å². The van der Waals surface area contributed by atoms with Crippen molar-refractivity contribution in [1.29, 1.82) is 0 Å². The molecular formula is C17H27NO. The van der Waals surface area contributed by atoms with Crippen LogP contribution in [-0.4, -0.2) is 31.1 Å². The van der Waals surface area contributed by atoms with Gasteiger partial charge in [0, 0.05) is 6.54 Å². The van der Waals surface area contributed by atoms with Gasteiger partial charge in [-0.05, 0) is 43.8 Å². The minimum absolute atomic E-state index is 0.254. The molecule has 1 aromatic carbocycles. The molecule has 0 spiro atoms. The lowest BCUT2D eigenvalue weighted by atomic mass is 9.99. The van der Waals surface area contributed by atoms with Crippen LogP contribution >= 0.6 is 0 Å². The number of ether oxygens (including phenoxy) is 1. The SMILES string of the molecule is CC(C)CC(OCCN1CCCC1)c1ccccc1. The molecule has 1 atom stereocenters. The summed E-state index contributed by atoms with van der Waals surface area (Å²) in [5.74, 6) is 0.664. The highest BCUT2D eigenvalue weighted by atomic mass is 16.5. The van der Waals surface area contributed by atoms with E-state index in [1.165, 1.54) is 31.5 Å². The predicted octanol–water partition coefficient (Wildman–Crippen LogP) is 3.89. The van der Waals surface area contributed by atoms with Crippen molar-refractivity contribution < 1.29 is 4.74 Å². The summed E-state index contributed by atoms with van der Waals surface area (Å²) >= 11 is 0. The fraction of sp³-hybridized carbons (Fsp3) is 0.647. The van der Waals surface area contributed by atoms with Crippen LogP contribution in [0.15, 0.2) is 30.3 Å². The molecule has 1 aromatic rings. The maximum Gasteiger partial charge on any atom is 0.0828 e. The van der Waals surface area contributed by atoms with Crippen molar-refractivity contribution in [3.8, 4) is 0 Å². The zero-order chi connectivity index (χ0) is 13.5. The van der Waals surface area contributed by atoms with Gasteiger partial charge in [0.15, 0.2) is 0 Å². The van der Waals surface area contributed by atoms with Crippen molar-refractivity contribution in [3.05, 3.63) is 35.9 Å². The highest BCUT2D eigenvalue weighted by molar-refractivity contribution is 5.17. The van der Waals surface area contributed by atoms with E-state index in [4.69, 9.17) is 4.74 Å². The summed E-state index contributed by atoms with van der Waals surface area (Å²) < 4.78 is 6.16. The zero-order valence-corrected chi connectivity index (χ0v) is 12.3. The zero-order valence-electron chi connectivity index (χ0n) is 12.3. The molecule has 19 heavy (non-hydrogen) atoms. The first-order valence-electron chi connectivity index (χ1n) is 7.64. The summed E-state index contributed by atoms with van der Waals surface area (Å²) in [5, 5.41) is 0. The van der Waals surface area contributed by atoms with E-state index >= 15 is 0 Å². The lowest BCUT2D eigenvalue weighted by molar-refractivity contribution is 0.0273. The Bertz CT molecular complexity index is 344. The normalized spacial score (nSPS) is 18.1. The summed E-state index contributed by atoms with van der Waals surface area (Å²) in [6, 6.07) is 10.6. The van der Waals surface area contributed by atoms with Gasteiger partial charge >= 0.3 is 0 Å². The molecular weight excluding hydrogens is 234 g/mol. The van der Waals surface area contributed by atoms with E-state index in [-0.39, 0.29) is 6.10 Å². The highest BCUT2D eigenvalue weighted by Crippen LogP contribution is 2.25. The number of rotatable bonds is 7. The number of nitrogens with zero attached hydrogens (tertiary/aromatic N) is 1. The summed E-state index contributed by atoms with van der Waals surface area (Å²) in [5.41, 5.74) is 1.32. The molecule has 1 aliphatic heterocycles. The van der Waals surface area contributed by atoms with E-state index in [0.29, 0.717) is 5.92 Å². The minimum atomic E-state index is 0.254. The van der Waals surface area contributed by atoms with Crippen LogP contribution in [0, 0.1) is 5.92 Å². The second-order valence-corrected chi connectivity index (χ2v) is 5.95. The van der Waals surface area contributed by atoms with Crippen molar-refractivity contribution in [1.82, 2.24) is 4.90 Å². The van der Waals surface area contributed by atoms with Crippen molar-refractivity contribution in [3.63, 3.8) is 0 Å². The quantitative estimate of drug-likeness (QED) is 0.738. The highest BCUT2D eigenvalue weighted by Gasteiger charge is 2.15. The average Bonchev–Trinajstić information content (AvgIpc) is 2.91. The van der Waals surface area contributed by atoms with E-state index in [9.17, 15) is 0 Å². The van der Waals surface area contributed by atoms with Crippen molar-refractivity contribution in [2.75, 3.05) is 26.2 Å². The fourth-order valence-electron chi connectivity index (χ4n) is 2.73. The Hall–Kier alpha value is -0.860. The van der Waals surface area contributed by atoms with Gasteiger partial charge in [0.05, 0.1) is 12.7 Å². The molecule has 0 bridgehead atoms. The van der Waals surface area contributed by atoms with Crippen molar-refractivity contribution in [2.45, 2.75) is 39.2 Å². The summed E-state index contributed by atoms with van der Waals surface area (Å²) in [4.78, 5) is 2.51. The third-order valence-electron chi connectivity index (χ3n) is 3.78. The van der Waals surface area contributed by atoms with Crippen molar-refractivity contribution in [2.24, 2.45) is 5.92 Å². The van der Waals surface area contributed by atoms with Gasteiger partial charge in [-0.1, -0.05) is 44.2 Å². The molecule has 0 saturated carbocycles. The molecule has 0 aromatic heterocycles. The van der Waals surface area contributed by atoms with E-state index in [2.05, 4.69) is 49.1 Å². The van der Waals surface area contributed by atoms with Gasteiger partial charge in [0.25, 0.3) is 0 Å². The smallest absolute Gasteiger partial charge is 0.0828 e. The lowest BCUT2D eigenvalue weighted by Crippen LogP contribution is -2.25. The molecule has 106 valence electrons. The predicted molar refractivity (Wildman–Crippen MR) is 80.3 cm³/mol. The maximum absolute atomic E-state index is 6.16. The summed E-state index contributed by atoms with van der Waals surface area (Å²) in [6.07, 6.45) is 4.07. The lowest BCUT2D eigenvalue weighted by Gasteiger charge is -2.22. The number of hydrogen-bond acceptors (Lipinski definition) is 2. The first-order chi connectivity index (χ1) is 9.25. The molecule has 0 N–H and O–H groups in total. The molecule has 0 aliphatic carbocycles. The van der Waals surface area contributed by atoms with Gasteiger partial charge in [0.1, 0.15) is 0 Å². The van der Waals surface area contributed by atoms with Gasteiger partial charge in [-0.25, -0.2) is 0 Å². The van der Waals surface area contributed by atoms with Gasteiger partial charge in [-0.3, -0.25) is 0 Å². The van der Waals surface area contributed by atoms with Gasteiger partial charge < -0.3 is 9.64 Å². The molecule has 1 heterocycles. The maximum atomic E-state index is 6.16. The number of hydrogen-bond donors (Lipinski definition) is 0. The minimum Gasteiger partial charge on any atom is -0.372 e. The van der Waals surface area contributed by atoms with Gasteiger partial charge in [-0.2, -0.15) is 0 Å². The molecule has 1 fully saturated rings. The van der Waals surface area contributed by atoms with Crippen LogP contribution in [0.25, 0.3) is 0 Å². The molecule has 2 heteroatoms. The van der Waals surface area contributed by atoms with E-state index in [0.717, 1.165) is 19.6 Å². The first kappa shape index (κ1) is 14.5. The molecule has 1 aliphatic rings. The second-order valence-electron chi connectivity index (χ2n) is 5.95. The van der Waals surface area contributed by atoms with E-state index in [1.54, 1.807) is 0 Å². The third-order valence-corrected chi connectivity index (χ3v) is 3.78. The Morgan fingerprint density at radius 1 is 1.11 bits per heavy atom. The molecule has 2 nitrogen and oxygen atoms in total. The van der Waals surface area contributed by atoms with Crippen LogP contribution in [0.5, 0.6) is 0 Å². The second kappa shape index (κ2) is 7.66. The molecule has 2 rings (SSSR count). The fourth-order valence-corrected chi connectivity index (χ4v) is 2.73. The number of likely N-dealkylation sites (tertiary alicyclic amines) is 1. The van der Waals surface area contributed by atoms with E-state index < -0.39 is 0 Å². The average molecular weight is 261 g/mol. The Labute approximate surface area is 117 Å². The third kappa shape index (κ3) is 4.96. The van der Waals surface area contributed by atoms with Crippen LogP contribution < -0.4 is 0 Å². The van der Waals surface area contributed by atoms with Crippen LogP contribution in [0.4, 0.5) is 0 Å². The Morgan fingerprint density at radius 2 is 1.79 bits per heavy atom. The molecule has 1 saturated heterocycles. The Balaban J connectivity index is 1.83. The Morgan fingerprint density at radius 3 is 2.42 bits per heavy atom. The van der Waals surface area contributed by atoms with Crippen LogP contribution in [-0.2, 0) is 4.74 Å². The van der Waals surface area contributed by atoms with Gasteiger partial charge in [-0.15, -0.1) is 0 Å². The van der Waals surface area contributed by atoms with Crippen LogP contribution in [0.3, 0.4) is 0 Å². The topological polar surface area (TPSA) is 12.5 Å². The largest absolute Gasteiger partial charge is 0.372 e. The summed E-state index contributed by atoms with van der Waals surface area (Å²) in [7, 11) is 0. The summed E-state index contributed by atoms with van der Waals surface area (Å²) in [6.45, 7) is 8.97. The molecule has 0 amide bonds.